The van der Waals surface area contributed by atoms with Crippen LogP contribution in [0.5, 0.6) is 0 Å². The number of nitrogens with zero attached hydrogens (tertiary/aromatic N) is 1. The second kappa shape index (κ2) is 4.43. The van der Waals surface area contributed by atoms with Crippen LogP contribution in [0.2, 0.25) is 0 Å². The summed E-state index contributed by atoms with van der Waals surface area (Å²) in [5.74, 6) is 0. The minimum atomic E-state index is 0.725. The lowest BCUT2D eigenvalue weighted by Gasteiger charge is -2.45. The van der Waals surface area contributed by atoms with Crippen LogP contribution in [0.15, 0.2) is 0 Å². The van der Waals surface area contributed by atoms with E-state index >= 15 is 0 Å². The Labute approximate surface area is 81.5 Å². The minimum Gasteiger partial charge on any atom is -0.329 e. The molecule has 2 rings (SSSR count). The fourth-order valence-corrected chi connectivity index (χ4v) is 2.78. The van der Waals surface area contributed by atoms with Crippen LogP contribution in [0.25, 0.3) is 0 Å². The molecule has 2 aliphatic rings. The van der Waals surface area contributed by atoms with Gasteiger partial charge in [0.1, 0.15) is 0 Å². The van der Waals surface area contributed by atoms with E-state index in [2.05, 4.69) is 4.90 Å². The van der Waals surface area contributed by atoms with Gasteiger partial charge in [-0.05, 0) is 19.3 Å². The van der Waals surface area contributed by atoms with Gasteiger partial charge in [-0.2, -0.15) is 0 Å². The van der Waals surface area contributed by atoms with E-state index in [-0.39, 0.29) is 0 Å². The minimum absolute atomic E-state index is 0.725. The van der Waals surface area contributed by atoms with Gasteiger partial charge in [-0.3, -0.25) is 4.90 Å². The van der Waals surface area contributed by atoms with E-state index in [1.54, 1.807) is 0 Å². The summed E-state index contributed by atoms with van der Waals surface area (Å²) < 4.78 is 0. The van der Waals surface area contributed by atoms with Gasteiger partial charge < -0.3 is 5.73 Å². The van der Waals surface area contributed by atoms with Crippen molar-refractivity contribution in [2.75, 3.05) is 13.1 Å². The van der Waals surface area contributed by atoms with Crippen molar-refractivity contribution in [1.29, 1.82) is 0 Å². The molecule has 1 saturated heterocycles. The maximum atomic E-state index is 5.73. The van der Waals surface area contributed by atoms with Gasteiger partial charge in [0.25, 0.3) is 0 Å². The highest BCUT2D eigenvalue weighted by Crippen LogP contribution is 2.28. The van der Waals surface area contributed by atoms with Crippen molar-refractivity contribution >= 4 is 0 Å². The summed E-state index contributed by atoms with van der Waals surface area (Å²) in [6, 6.07) is 1.60. The summed E-state index contributed by atoms with van der Waals surface area (Å²) in [5, 5.41) is 0. The van der Waals surface area contributed by atoms with Crippen molar-refractivity contribution in [1.82, 2.24) is 4.90 Å². The molecule has 76 valence electrons. The van der Waals surface area contributed by atoms with E-state index in [9.17, 15) is 0 Å². The molecular weight excluding hydrogens is 160 g/mol. The number of nitrogens with two attached hydrogens (primary N) is 1. The highest BCUT2D eigenvalue weighted by molar-refractivity contribution is 4.89. The molecule has 0 spiro atoms. The summed E-state index contributed by atoms with van der Waals surface area (Å²) in [7, 11) is 0. The molecule has 0 amide bonds. The van der Waals surface area contributed by atoms with Crippen LogP contribution in [0, 0.1) is 0 Å². The van der Waals surface area contributed by atoms with E-state index in [0.29, 0.717) is 0 Å². The van der Waals surface area contributed by atoms with Crippen molar-refractivity contribution in [3.8, 4) is 0 Å². The average molecular weight is 182 g/mol. The summed E-state index contributed by atoms with van der Waals surface area (Å²) >= 11 is 0. The van der Waals surface area contributed by atoms with E-state index in [1.807, 2.05) is 0 Å². The Bertz CT molecular complexity index is 148. The Morgan fingerprint density at radius 2 is 1.69 bits per heavy atom. The zero-order chi connectivity index (χ0) is 9.10. The monoisotopic (exact) mass is 182 g/mol. The first-order valence-electron chi connectivity index (χ1n) is 5.87. The summed E-state index contributed by atoms with van der Waals surface area (Å²) in [6.45, 7) is 2.18. The zero-order valence-electron chi connectivity index (χ0n) is 8.54. The van der Waals surface area contributed by atoms with Gasteiger partial charge in [0.05, 0.1) is 0 Å². The standard InChI is InChI=1S/C11H22N2/c12-9-11-7-8-13(11)10-5-3-1-2-4-6-10/h10-11H,1-9,12H2. The second-order valence-corrected chi connectivity index (χ2v) is 4.56. The predicted molar refractivity (Wildman–Crippen MR) is 55.7 cm³/mol. The first-order valence-corrected chi connectivity index (χ1v) is 5.87. The Balaban J connectivity index is 1.84. The van der Waals surface area contributed by atoms with Crippen LogP contribution < -0.4 is 5.73 Å². The summed E-state index contributed by atoms with van der Waals surface area (Å²) in [6.07, 6.45) is 9.99. The highest BCUT2D eigenvalue weighted by Gasteiger charge is 2.32. The van der Waals surface area contributed by atoms with Crippen molar-refractivity contribution in [2.45, 2.75) is 57.0 Å². The zero-order valence-corrected chi connectivity index (χ0v) is 8.54. The van der Waals surface area contributed by atoms with Crippen LogP contribution in [0.3, 0.4) is 0 Å². The van der Waals surface area contributed by atoms with E-state index in [4.69, 9.17) is 5.73 Å². The molecule has 0 aromatic rings. The van der Waals surface area contributed by atoms with Gasteiger partial charge in [-0.1, -0.05) is 25.7 Å². The molecule has 2 N–H and O–H groups in total. The topological polar surface area (TPSA) is 29.3 Å². The van der Waals surface area contributed by atoms with Gasteiger partial charge in [0, 0.05) is 25.2 Å². The molecule has 0 radical (unpaired) electrons. The third-order valence-electron chi connectivity index (χ3n) is 3.76. The molecule has 1 aliphatic carbocycles. The SMILES string of the molecule is NCC1CCN1C1CCCCCC1. The smallest absolute Gasteiger partial charge is 0.0233 e. The lowest BCUT2D eigenvalue weighted by atomic mass is 9.96. The largest absolute Gasteiger partial charge is 0.329 e. The van der Waals surface area contributed by atoms with Gasteiger partial charge in [-0.25, -0.2) is 0 Å². The van der Waals surface area contributed by atoms with Crippen LogP contribution in [0.4, 0.5) is 0 Å². The van der Waals surface area contributed by atoms with Gasteiger partial charge in [0.2, 0.25) is 0 Å². The molecule has 0 aromatic heterocycles. The fraction of sp³-hybridized carbons (Fsp3) is 1.00. The van der Waals surface area contributed by atoms with Gasteiger partial charge in [0.15, 0.2) is 0 Å². The van der Waals surface area contributed by atoms with Crippen molar-refractivity contribution in [3.63, 3.8) is 0 Å². The summed E-state index contributed by atoms with van der Waals surface area (Å²) in [4.78, 5) is 2.66. The molecule has 1 aliphatic heterocycles. The van der Waals surface area contributed by atoms with Gasteiger partial charge >= 0.3 is 0 Å². The molecule has 2 fully saturated rings. The Morgan fingerprint density at radius 1 is 1.00 bits per heavy atom. The lowest BCUT2D eigenvalue weighted by molar-refractivity contribution is 0.0391. The molecule has 1 saturated carbocycles. The third-order valence-corrected chi connectivity index (χ3v) is 3.76. The van der Waals surface area contributed by atoms with E-state index < -0.39 is 0 Å². The maximum Gasteiger partial charge on any atom is 0.0233 e. The lowest BCUT2D eigenvalue weighted by Crippen LogP contribution is -2.56. The third kappa shape index (κ3) is 2.05. The number of likely N-dealkylation sites (tertiary alicyclic amines) is 1. The molecule has 2 heteroatoms. The fourth-order valence-electron chi connectivity index (χ4n) is 2.78. The van der Waals surface area contributed by atoms with Crippen molar-refractivity contribution in [3.05, 3.63) is 0 Å². The first-order chi connectivity index (χ1) is 6.42. The van der Waals surface area contributed by atoms with Gasteiger partial charge in [-0.15, -0.1) is 0 Å². The predicted octanol–water partition coefficient (Wildman–Crippen LogP) is 1.74. The molecule has 0 aromatic carbocycles. The van der Waals surface area contributed by atoms with Crippen molar-refractivity contribution in [2.24, 2.45) is 5.73 Å². The molecular formula is C11H22N2. The molecule has 13 heavy (non-hydrogen) atoms. The van der Waals surface area contributed by atoms with Crippen LogP contribution in [-0.2, 0) is 0 Å². The second-order valence-electron chi connectivity index (χ2n) is 4.56. The summed E-state index contributed by atoms with van der Waals surface area (Å²) in [5.41, 5.74) is 5.73. The van der Waals surface area contributed by atoms with E-state index in [0.717, 1.165) is 18.6 Å². The number of hydrogen-bond acceptors (Lipinski definition) is 2. The van der Waals surface area contributed by atoms with E-state index in [1.165, 1.54) is 51.5 Å². The quantitative estimate of drug-likeness (QED) is 0.659. The Kier molecular flexibility index (Phi) is 3.23. The highest BCUT2D eigenvalue weighted by atomic mass is 15.2. The Hall–Kier alpha value is -0.0800. The van der Waals surface area contributed by atoms with Crippen LogP contribution in [0.1, 0.15) is 44.9 Å². The molecule has 1 heterocycles. The molecule has 0 bridgehead atoms. The van der Waals surface area contributed by atoms with Crippen molar-refractivity contribution < 1.29 is 0 Å². The number of rotatable bonds is 2. The normalized spacial score (nSPS) is 32.5. The number of hydrogen-bond donors (Lipinski definition) is 1. The molecule has 1 atom stereocenters. The molecule has 2 nitrogen and oxygen atoms in total. The maximum absolute atomic E-state index is 5.73. The Morgan fingerprint density at radius 3 is 2.15 bits per heavy atom. The van der Waals surface area contributed by atoms with Crippen LogP contribution >= 0.6 is 0 Å². The first kappa shape index (κ1) is 9.47. The molecule has 1 unspecified atom stereocenters. The van der Waals surface area contributed by atoms with Crippen LogP contribution in [-0.4, -0.2) is 30.1 Å². The average Bonchev–Trinajstić information content (AvgIpc) is 2.32.